The minimum atomic E-state index is 0.611. The fourth-order valence-corrected chi connectivity index (χ4v) is 2.38. The summed E-state index contributed by atoms with van der Waals surface area (Å²) in [5, 5.41) is 10.5. The molecule has 0 aliphatic carbocycles. The highest BCUT2D eigenvalue weighted by atomic mass is 16.5. The lowest BCUT2D eigenvalue weighted by atomic mass is 10.1. The number of benzene rings is 2. The van der Waals surface area contributed by atoms with Crippen molar-refractivity contribution in [2.45, 2.75) is 6.92 Å². The van der Waals surface area contributed by atoms with Gasteiger partial charge in [0.1, 0.15) is 11.8 Å². The number of allylic oxidation sites excluding steroid dienone is 1. The van der Waals surface area contributed by atoms with E-state index in [0.717, 1.165) is 27.9 Å². The van der Waals surface area contributed by atoms with E-state index in [2.05, 4.69) is 11.1 Å². The van der Waals surface area contributed by atoms with Gasteiger partial charge in [-0.3, -0.25) is 0 Å². The highest BCUT2D eigenvalue weighted by Crippen LogP contribution is 2.23. The van der Waals surface area contributed by atoms with Gasteiger partial charge in [0.15, 0.2) is 0 Å². The van der Waals surface area contributed by atoms with Gasteiger partial charge in [-0.15, -0.1) is 0 Å². The largest absolute Gasteiger partial charge is 0.494 e. The molecule has 1 heterocycles. The van der Waals surface area contributed by atoms with Crippen molar-refractivity contribution < 1.29 is 4.74 Å². The van der Waals surface area contributed by atoms with Gasteiger partial charge in [-0.25, -0.2) is 0 Å². The lowest BCUT2D eigenvalue weighted by Gasteiger charge is -2.02. The monoisotopic (exact) mass is 288 g/mol. The zero-order valence-electron chi connectivity index (χ0n) is 12.3. The van der Waals surface area contributed by atoms with E-state index in [1.807, 2.05) is 67.6 Å². The Morgan fingerprint density at radius 2 is 1.95 bits per heavy atom. The molecular formula is C19H16N2O. The summed E-state index contributed by atoms with van der Waals surface area (Å²) >= 11 is 0. The summed E-state index contributed by atoms with van der Waals surface area (Å²) in [6, 6.07) is 20.0. The average Bonchev–Trinajstić information content (AvgIpc) is 2.98. The van der Waals surface area contributed by atoms with Crippen LogP contribution in [0.5, 0.6) is 5.75 Å². The Labute approximate surface area is 129 Å². The number of fused-ring (bicyclic) bond motifs is 1. The molecule has 0 spiro atoms. The van der Waals surface area contributed by atoms with E-state index in [0.29, 0.717) is 12.2 Å². The molecule has 3 nitrogen and oxygen atoms in total. The first kappa shape index (κ1) is 14.0. The highest BCUT2D eigenvalue weighted by Gasteiger charge is 2.05. The summed E-state index contributed by atoms with van der Waals surface area (Å²) in [5.74, 6) is 0.837. The zero-order chi connectivity index (χ0) is 15.4. The van der Waals surface area contributed by atoms with Crippen LogP contribution in [0.1, 0.15) is 18.2 Å². The van der Waals surface area contributed by atoms with E-state index >= 15 is 0 Å². The number of hydrogen-bond donors (Lipinski definition) is 1. The van der Waals surface area contributed by atoms with E-state index in [1.165, 1.54) is 0 Å². The molecule has 0 fully saturated rings. The van der Waals surface area contributed by atoms with Crippen molar-refractivity contribution in [2.75, 3.05) is 6.61 Å². The van der Waals surface area contributed by atoms with Crippen molar-refractivity contribution in [1.82, 2.24) is 4.98 Å². The number of nitrogens with one attached hydrogen (secondary N) is 1. The molecule has 0 amide bonds. The van der Waals surface area contributed by atoms with Crippen LogP contribution in [0.15, 0.2) is 54.6 Å². The van der Waals surface area contributed by atoms with Crippen molar-refractivity contribution in [3.05, 3.63) is 65.9 Å². The van der Waals surface area contributed by atoms with Gasteiger partial charge in [-0.05, 0) is 42.8 Å². The molecule has 2 aromatic carbocycles. The molecule has 0 unspecified atom stereocenters. The maximum Gasteiger partial charge on any atom is 0.119 e. The quantitative estimate of drug-likeness (QED) is 0.711. The fourth-order valence-electron chi connectivity index (χ4n) is 2.38. The SMILES string of the molecule is CCOc1ccc(/C=C(\C#N)c2cc3ccccc3[nH]2)cc1. The van der Waals surface area contributed by atoms with E-state index in [4.69, 9.17) is 4.74 Å². The third kappa shape index (κ3) is 2.87. The Bertz CT molecular complexity index is 818. The lowest BCUT2D eigenvalue weighted by molar-refractivity contribution is 0.340. The first-order valence-corrected chi connectivity index (χ1v) is 7.23. The number of aromatic amines is 1. The van der Waals surface area contributed by atoms with Gasteiger partial charge in [-0.2, -0.15) is 5.26 Å². The van der Waals surface area contributed by atoms with Crippen molar-refractivity contribution in [3.63, 3.8) is 0 Å². The average molecular weight is 288 g/mol. The topological polar surface area (TPSA) is 48.8 Å². The summed E-state index contributed by atoms with van der Waals surface area (Å²) in [4.78, 5) is 3.28. The van der Waals surface area contributed by atoms with Crippen LogP contribution in [-0.4, -0.2) is 11.6 Å². The number of nitriles is 1. The minimum absolute atomic E-state index is 0.611. The maximum atomic E-state index is 9.44. The number of aromatic nitrogens is 1. The van der Waals surface area contributed by atoms with Crippen LogP contribution in [0.3, 0.4) is 0 Å². The molecule has 1 aromatic heterocycles. The molecule has 0 saturated carbocycles. The summed E-state index contributed by atoms with van der Waals surface area (Å²) < 4.78 is 5.42. The van der Waals surface area contributed by atoms with Crippen LogP contribution in [-0.2, 0) is 0 Å². The van der Waals surface area contributed by atoms with E-state index in [-0.39, 0.29) is 0 Å². The molecule has 3 heteroatoms. The number of ether oxygens (including phenoxy) is 1. The Morgan fingerprint density at radius 1 is 1.18 bits per heavy atom. The van der Waals surface area contributed by atoms with E-state index in [9.17, 15) is 5.26 Å². The van der Waals surface area contributed by atoms with E-state index in [1.54, 1.807) is 0 Å². The van der Waals surface area contributed by atoms with Crippen molar-refractivity contribution in [2.24, 2.45) is 0 Å². The van der Waals surface area contributed by atoms with Crippen molar-refractivity contribution in [1.29, 1.82) is 5.26 Å². The molecular weight excluding hydrogens is 272 g/mol. The first-order valence-electron chi connectivity index (χ1n) is 7.23. The highest BCUT2D eigenvalue weighted by molar-refractivity contribution is 5.93. The Kier molecular flexibility index (Phi) is 3.93. The summed E-state index contributed by atoms with van der Waals surface area (Å²) in [6.07, 6.45) is 1.88. The summed E-state index contributed by atoms with van der Waals surface area (Å²) in [6.45, 7) is 2.60. The molecule has 22 heavy (non-hydrogen) atoms. The number of nitrogens with zero attached hydrogens (tertiary/aromatic N) is 1. The molecule has 0 saturated heterocycles. The number of rotatable bonds is 4. The summed E-state index contributed by atoms with van der Waals surface area (Å²) in [5.41, 5.74) is 3.45. The van der Waals surface area contributed by atoms with E-state index < -0.39 is 0 Å². The Hall–Kier alpha value is -2.99. The van der Waals surface area contributed by atoms with Crippen LogP contribution in [0, 0.1) is 11.3 Å². The molecule has 108 valence electrons. The van der Waals surface area contributed by atoms with Gasteiger partial charge in [0.2, 0.25) is 0 Å². The first-order chi connectivity index (χ1) is 10.8. The lowest BCUT2D eigenvalue weighted by Crippen LogP contribution is -1.90. The third-order valence-electron chi connectivity index (χ3n) is 3.44. The molecule has 3 aromatic rings. The molecule has 0 bridgehead atoms. The van der Waals surface area contributed by atoms with Gasteiger partial charge in [0.05, 0.1) is 17.9 Å². The van der Waals surface area contributed by atoms with Gasteiger partial charge in [0.25, 0.3) is 0 Å². The number of hydrogen-bond acceptors (Lipinski definition) is 2. The van der Waals surface area contributed by atoms with Gasteiger partial charge in [-0.1, -0.05) is 30.3 Å². The van der Waals surface area contributed by atoms with Crippen LogP contribution in [0.2, 0.25) is 0 Å². The van der Waals surface area contributed by atoms with Crippen LogP contribution in [0.4, 0.5) is 0 Å². The predicted molar refractivity (Wildman–Crippen MR) is 89.4 cm³/mol. The van der Waals surface area contributed by atoms with Crippen LogP contribution in [0.25, 0.3) is 22.6 Å². The standard InChI is InChI=1S/C19H16N2O/c1-2-22-17-9-7-14(8-10-17)11-16(13-20)19-12-15-5-3-4-6-18(15)21-19/h3-12,21H,2H2,1H3/b16-11+. The molecule has 0 atom stereocenters. The maximum absolute atomic E-state index is 9.44. The predicted octanol–water partition coefficient (Wildman–Crippen LogP) is 4.63. The number of H-pyrrole nitrogens is 1. The smallest absolute Gasteiger partial charge is 0.119 e. The normalized spacial score (nSPS) is 11.4. The molecule has 0 aliphatic heterocycles. The molecule has 1 N–H and O–H groups in total. The fraction of sp³-hybridized carbons (Fsp3) is 0.105. The number of para-hydroxylation sites is 1. The van der Waals surface area contributed by atoms with Crippen LogP contribution >= 0.6 is 0 Å². The zero-order valence-corrected chi connectivity index (χ0v) is 12.3. The van der Waals surface area contributed by atoms with Gasteiger partial charge >= 0.3 is 0 Å². The van der Waals surface area contributed by atoms with Crippen molar-refractivity contribution in [3.8, 4) is 11.8 Å². The second-order valence-corrected chi connectivity index (χ2v) is 4.94. The van der Waals surface area contributed by atoms with Gasteiger partial charge in [0, 0.05) is 10.9 Å². The molecule has 0 radical (unpaired) electrons. The second kappa shape index (κ2) is 6.19. The molecule has 3 rings (SSSR count). The molecule has 0 aliphatic rings. The Morgan fingerprint density at radius 3 is 2.64 bits per heavy atom. The third-order valence-corrected chi connectivity index (χ3v) is 3.44. The summed E-state index contributed by atoms with van der Waals surface area (Å²) in [7, 11) is 0. The van der Waals surface area contributed by atoms with Crippen molar-refractivity contribution >= 4 is 22.6 Å². The Balaban J connectivity index is 1.94. The second-order valence-electron chi connectivity index (χ2n) is 4.94. The minimum Gasteiger partial charge on any atom is -0.494 e. The van der Waals surface area contributed by atoms with Gasteiger partial charge < -0.3 is 9.72 Å². The van der Waals surface area contributed by atoms with Crippen LogP contribution < -0.4 is 4.74 Å².